The van der Waals surface area contributed by atoms with Crippen LogP contribution < -0.4 is 5.32 Å². The number of likely N-dealkylation sites (N-methyl/N-ethyl adjacent to an activating group) is 1. The largest absolute Gasteiger partial charge is 0.410 e. The molecule has 1 N–H and O–H groups in total. The summed E-state index contributed by atoms with van der Waals surface area (Å²) in [5.74, 6) is -0.101. The fraction of sp³-hybridized carbons (Fsp3) is 0.500. The van der Waals surface area contributed by atoms with Gasteiger partial charge in [-0.3, -0.25) is 4.79 Å². The Morgan fingerprint density at radius 3 is 2.41 bits per heavy atom. The molecule has 1 saturated heterocycles. The van der Waals surface area contributed by atoms with E-state index in [2.05, 4.69) is 15.3 Å². The fourth-order valence-electron chi connectivity index (χ4n) is 3.87. The minimum absolute atomic E-state index is 0.0517. The van der Waals surface area contributed by atoms with E-state index in [4.69, 9.17) is 0 Å². The topological polar surface area (TPSA) is 53.4 Å². The Hall–Kier alpha value is -2.55. The summed E-state index contributed by atoms with van der Waals surface area (Å²) in [6.07, 6.45) is -4.64. The van der Waals surface area contributed by atoms with Crippen LogP contribution in [0.15, 0.2) is 30.3 Å². The van der Waals surface area contributed by atoms with Crippen molar-refractivity contribution in [3.8, 4) is 0 Å². The first-order valence-corrected chi connectivity index (χ1v) is 9.69. The van der Waals surface area contributed by atoms with Crippen LogP contribution in [0.4, 0.5) is 19.0 Å². The van der Waals surface area contributed by atoms with Crippen molar-refractivity contribution in [3.05, 3.63) is 47.2 Å². The molecule has 0 bridgehead atoms. The molecule has 2 aliphatic rings. The van der Waals surface area contributed by atoms with Crippen LogP contribution in [0.2, 0.25) is 0 Å². The molecule has 4 rings (SSSR count). The minimum atomic E-state index is -4.46. The average Bonchev–Trinajstić information content (AvgIpc) is 3.11. The van der Waals surface area contributed by atoms with Crippen LogP contribution in [0, 0.1) is 6.92 Å². The lowest BCUT2D eigenvalue weighted by molar-refractivity contribution is -0.173. The van der Waals surface area contributed by atoms with Crippen LogP contribution in [0.3, 0.4) is 0 Å². The second-order valence-corrected chi connectivity index (χ2v) is 7.86. The van der Waals surface area contributed by atoms with Crippen LogP contribution in [-0.2, 0) is 0 Å². The molecule has 1 fully saturated rings. The van der Waals surface area contributed by atoms with Gasteiger partial charge in [0.2, 0.25) is 0 Å². The second-order valence-electron chi connectivity index (χ2n) is 7.86. The number of halogens is 3. The predicted molar refractivity (Wildman–Crippen MR) is 103 cm³/mol. The first kappa shape index (κ1) is 19.8. The number of alkyl halides is 3. The number of nitrogens with one attached hydrogen (secondary N) is 1. The summed E-state index contributed by atoms with van der Waals surface area (Å²) in [4.78, 5) is 16.5. The summed E-state index contributed by atoms with van der Waals surface area (Å²) >= 11 is 0. The van der Waals surface area contributed by atoms with Gasteiger partial charge in [-0.2, -0.15) is 18.3 Å². The zero-order valence-corrected chi connectivity index (χ0v) is 16.4. The van der Waals surface area contributed by atoms with E-state index in [1.807, 2.05) is 38.2 Å². The van der Waals surface area contributed by atoms with E-state index >= 15 is 0 Å². The Bertz CT molecular complexity index is 885. The van der Waals surface area contributed by atoms with Gasteiger partial charge in [0.05, 0.1) is 6.04 Å². The van der Waals surface area contributed by atoms with Gasteiger partial charge in [0.15, 0.2) is 11.7 Å². The molecule has 0 aliphatic carbocycles. The molecule has 0 radical (unpaired) electrons. The predicted octanol–water partition coefficient (Wildman–Crippen LogP) is 3.24. The highest BCUT2D eigenvalue weighted by Gasteiger charge is 2.47. The molecule has 0 unspecified atom stereocenters. The van der Waals surface area contributed by atoms with Crippen molar-refractivity contribution in [1.29, 1.82) is 0 Å². The number of fused-ring (bicyclic) bond motifs is 1. The molecule has 3 heterocycles. The summed E-state index contributed by atoms with van der Waals surface area (Å²) in [7, 11) is 1.97. The van der Waals surface area contributed by atoms with Crippen LogP contribution in [0.1, 0.15) is 40.1 Å². The highest BCUT2D eigenvalue weighted by Crippen LogP contribution is 2.43. The molecule has 2 aromatic rings. The number of nitrogens with zero attached hydrogens (tertiary/aromatic N) is 4. The van der Waals surface area contributed by atoms with Crippen LogP contribution in [0.5, 0.6) is 0 Å². The van der Waals surface area contributed by atoms with E-state index in [-0.39, 0.29) is 23.8 Å². The van der Waals surface area contributed by atoms with Gasteiger partial charge in [0.1, 0.15) is 5.82 Å². The lowest BCUT2D eigenvalue weighted by atomic mass is 9.96. The maximum absolute atomic E-state index is 13.8. The van der Waals surface area contributed by atoms with Gasteiger partial charge >= 0.3 is 6.18 Å². The number of anilines is 1. The molecule has 2 aliphatic heterocycles. The van der Waals surface area contributed by atoms with E-state index in [1.54, 1.807) is 4.90 Å². The summed E-state index contributed by atoms with van der Waals surface area (Å²) in [6, 6.07) is 6.60. The molecule has 6 nitrogen and oxygen atoms in total. The lowest BCUT2D eigenvalue weighted by Gasteiger charge is -2.33. The third-order valence-corrected chi connectivity index (χ3v) is 5.68. The smallest absolute Gasteiger partial charge is 0.363 e. The monoisotopic (exact) mass is 407 g/mol. The van der Waals surface area contributed by atoms with Gasteiger partial charge < -0.3 is 15.1 Å². The third-order valence-electron chi connectivity index (χ3n) is 5.68. The molecule has 1 aromatic carbocycles. The van der Waals surface area contributed by atoms with E-state index in [0.717, 1.165) is 28.9 Å². The molecule has 1 amide bonds. The van der Waals surface area contributed by atoms with E-state index in [0.29, 0.717) is 13.1 Å². The second kappa shape index (κ2) is 7.37. The molecule has 9 heteroatoms. The number of aryl methyl sites for hydroxylation is 1. The number of rotatable bonds is 2. The molecule has 1 aromatic heterocycles. The Labute approximate surface area is 167 Å². The number of carbonyl (C=O) groups is 1. The van der Waals surface area contributed by atoms with E-state index < -0.39 is 18.3 Å². The van der Waals surface area contributed by atoms with Gasteiger partial charge in [0.25, 0.3) is 5.91 Å². The van der Waals surface area contributed by atoms with Crippen LogP contribution in [0.25, 0.3) is 0 Å². The van der Waals surface area contributed by atoms with Gasteiger partial charge in [-0.25, -0.2) is 4.68 Å². The summed E-state index contributed by atoms with van der Waals surface area (Å²) in [5, 5.41) is 7.21. The van der Waals surface area contributed by atoms with E-state index in [1.165, 1.54) is 6.07 Å². The maximum atomic E-state index is 13.8. The summed E-state index contributed by atoms with van der Waals surface area (Å²) in [6.45, 7) is 4.48. The molecule has 29 heavy (non-hydrogen) atoms. The standard InChI is InChI=1S/C20H24F3N5O/c1-13-3-5-14(6-4-13)15-11-17(20(21,22)23)28-18(24-15)12-16(25-28)19(29)27-9-7-26(2)8-10-27/h3-6,12,15,17,24H,7-11H2,1-2H3/t15-,17+/m1/s1. The van der Waals surface area contributed by atoms with Gasteiger partial charge in [-0.1, -0.05) is 29.8 Å². The number of benzene rings is 1. The molecule has 2 atom stereocenters. The van der Waals surface area contributed by atoms with Crippen molar-refractivity contribution in [2.45, 2.75) is 31.6 Å². The normalized spacial score (nSPS) is 22.9. The van der Waals surface area contributed by atoms with Gasteiger partial charge in [-0.15, -0.1) is 0 Å². The van der Waals surface area contributed by atoms with Crippen molar-refractivity contribution in [3.63, 3.8) is 0 Å². The van der Waals surface area contributed by atoms with Crippen molar-refractivity contribution >= 4 is 11.7 Å². The number of hydrogen-bond acceptors (Lipinski definition) is 4. The Balaban J connectivity index is 1.63. The van der Waals surface area contributed by atoms with Crippen LogP contribution >= 0.6 is 0 Å². The van der Waals surface area contributed by atoms with Crippen molar-refractivity contribution in [1.82, 2.24) is 19.6 Å². The number of amides is 1. The van der Waals surface area contributed by atoms with E-state index in [9.17, 15) is 18.0 Å². The van der Waals surface area contributed by atoms with Crippen molar-refractivity contribution in [2.24, 2.45) is 0 Å². The Kier molecular flexibility index (Phi) is 5.02. The Morgan fingerprint density at radius 2 is 1.79 bits per heavy atom. The van der Waals surface area contributed by atoms with Crippen molar-refractivity contribution < 1.29 is 18.0 Å². The highest BCUT2D eigenvalue weighted by atomic mass is 19.4. The first-order chi connectivity index (χ1) is 13.7. The van der Waals surface area contributed by atoms with Crippen molar-refractivity contribution in [2.75, 3.05) is 38.5 Å². The summed E-state index contributed by atoms with van der Waals surface area (Å²) in [5.41, 5.74) is 1.88. The fourth-order valence-corrected chi connectivity index (χ4v) is 3.87. The Morgan fingerprint density at radius 1 is 1.14 bits per heavy atom. The lowest BCUT2D eigenvalue weighted by Crippen LogP contribution is -2.47. The molecular formula is C20H24F3N5O. The molecule has 156 valence electrons. The number of aromatic nitrogens is 2. The number of hydrogen-bond donors (Lipinski definition) is 1. The number of piperazine rings is 1. The number of carbonyl (C=O) groups excluding carboxylic acids is 1. The van der Waals surface area contributed by atoms with Gasteiger partial charge in [0, 0.05) is 38.7 Å². The third kappa shape index (κ3) is 3.96. The minimum Gasteiger partial charge on any atom is -0.363 e. The van der Waals surface area contributed by atoms with Gasteiger partial charge in [-0.05, 0) is 19.5 Å². The average molecular weight is 407 g/mol. The quantitative estimate of drug-likeness (QED) is 0.831. The first-order valence-electron chi connectivity index (χ1n) is 9.69. The summed E-state index contributed by atoms with van der Waals surface area (Å²) < 4.78 is 42.3. The zero-order valence-electron chi connectivity index (χ0n) is 16.4. The maximum Gasteiger partial charge on any atom is 0.410 e. The molecule has 0 spiro atoms. The van der Waals surface area contributed by atoms with Crippen LogP contribution in [-0.4, -0.2) is 64.9 Å². The SMILES string of the molecule is Cc1ccc([C@H]2C[C@@H](C(F)(F)F)n3nc(C(=O)N4CCN(C)CC4)cc3N2)cc1. The molecule has 0 saturated carbocycles. The zero-order chi connectivity index (χ0) is 20.8. The highest BCUT2D eigenvalue weighted by molar-refractivity contribution is 5.93. The molecular weight excluding hydrogens is 383 g/mol.